The van der Waals surface area contributed by atoms with Gasteiger partial charge in [0.1, 0.15) is 11.5 Å². The van der Waals surface area contributed by atoms with E-state index < -0.39 is 0 Å². The molecule has 0 heterocycles. The maximum Gasteiger partial charge on any atom is 0.262 e. The Balaban J connectivity index is 1.89. The molecule has 2 rings (SSSR count). The first-order valence-corrected chi connectivity index (χ1v) is 7.38. The standard InChI is InChI=1S/C18H20N2O4/c1-20(2)18(22)13-7-9-14(10-8-13)19-17(21)12-24-16-6-4-5-15(11-16)23-3/h4-11H,12H2,1-3H3,(H,19,21). The van der Waals surface area contributed by atoms with Crippen LogP contribution in [0.25, 0.3) is 0 Å². The van der Waals surface area contributed by atoms with E-state index in [0.717, 1.165) is 0 Å². The summed E-state index contributed by atoms with van der Waals surface area (Å²) in [4.78, 5) is 25.2. The van der Waals surface area contributed by atoms with Crippen molar-refractivity contribution in [3.8, 4) is 11.5 Å². The molecule has 0 fully saturated rings. The van der Waals surface area contributed by atoms with Gasteiger partial charge < -0.3 is 19.7 Å². The number of carbonyl (C=O) groups excluding carboxylic acids is 2. The van der Waals surface area contributed by atoms with Crippen LogP contribution < -0.4 is 14.8 Å². The van der Waals surface area contributed by atoms with Gasteiger partial charge in [-0.25, -0.2) is 0 Å². The normalized spacial score (nSPS) is 9.96. The summed E-state index contributed by atoms with van der Waals surface area (Å²) in [7, 11) is 4.94. The smallest absolute Gasteiger partial charge is 0.262 e. The maximum atomic E-state index is 11.9. The Morgan fingerprint density at radius 2 is 1.71 bits per heavy atom. The predicted octanol–water partition coefficient (Wildman–Crippen LogP) is 2.41. The monoisotopic (exact) mass is 328 g/mol. The largest absolute Gasteiger partial charge is 0.497 e. The van der Waals surface area contributed by atoms with Gasteiger partial charge >= 0.3 is 0 Å². The van der Waals surface area contributed by atoms with E-state index in [0.29, 0.717) is 22.7 Å². The van der Waals surface area contributed by atoms with Gasteiger partial charge in [-0.1, -0.05) is 6.07 Å². The Kier molecular flexibility index (Phi) is 5.78. The van der Waals surface area contributed by atoms with E-state index >= 15 is 0 Å². The number of rotatable bonds is 6. The van der Waals surface area contributed by atoms with Crippen LogP contribution >= 0.6 is 0 Å². The van der Waals surface area contributed by atoms with Crippen LogP contribution in [0.3, 0.4) is 0 Å². The number of nitrogens with one attached hydrogen (secondary N) is 1. The highest BCUT2D eigenvalue weighted by molar-refractivity contribution is 5.95. The first-order valence-electron chi connectivity index (χ1n) is 7.38. The molecule has 0 aromatic heterocycles. The van der Waals surface area contributed by atoms with Crippen molar-refractivity contribution in [3.05, 3.63) is 54.1 Å². The molecule has 0 atom stereocenters. The molecule has 0 saturated heterocycles. The second-order valence-corrected chi connectivity index (χ2v) is 5.29. The minimum absolute atomic E-state index is 0.0887. The number of amides is 2. The van der Waals surface area contributed by atoms with Gasteiger partial charge in [-0.2, -0.15) is 0 Å². The second-order valence-electron chi connectivity index (χ2n) is 5.29. The number of benzene rings is 2. The number of hydrogen-bond donors (Lipinski definition) is 1. The molecule has 0 unspecified atom stereocenters. The molecular weight excluding hydrogens is 308 g/mol. The lowest BCUT2D eigenvalue weighted by molar-refractivity contribution is -0.118. The van der Waals surface area contributed by atoms with Crippen LogP contribution in [0.1, 0.15) is 10.4 Å². The molecule has 6 heteroatoms. The van der Waals surface area contributed by atoms with Crippen molar-refractivity contribution < 1.29 is 19.1 Å². The molecule has 0 bridgehead atoms. The highest BCUT2D eigenvalue weighted by atomic mass is 16.5. The van der Waals surface area contributed by atoms with Crippen LogP contribution in [0.2, 0.25) is 0 Å². The van der Waals surface area contributed by atoms with Crippen LogP contribution in [-0.2, 0) is 4.79 Å². The fourth-order valence-electron chi connectivity index (χ4n) is 1.99. The van der Waals surface area contributed by atoms with Gasteiger partial charge in [0.25, 0.3) is 11.8 Å². The van der Waals surface area contributed by atoms with Crippen LogP contribution in [0.15, 0.2) is 48.5 Å². The SMILES string of the molecule is COc1cccc(OCC(=O)Nc2ccc(C(=O)N(C)C)cc2)c1. The number of hydrogen-bond acceptors (Lipinski definition) is 4. The summed E-state index contributed by atoms with van der Waals surface area (Å²) in [5, 5.41) is 2.72. The van der Waals surface area contributed by atoms with Gasteiger partial charge in [0.2, 0.25) is 0 Å². The van der Waals surface area contributed by atoms with Crippen molar-refractivity contribution in [1.82, 2.24) is 4.90 Å². The highest BCUT2D eigenvalue weighted by Gasteiger charge is 2.09. The Morgan fingerprint density at radius 3 is 2.33 bits per heavy atom. The fourth-order valence-corrected chi connectivity index (χ4v) is 1.99. The molecule has 24 heavy (non-hydrogen) atoms. The molecule has 1 N–H and O–H groups in total. The lowest BCUT2D eigenvalue weighted by atomic mass is 10.2. The van der Waals surface area contributed by atoms with E-state index in [9.17, 15) is 9.59 Å². The Bertz CT molecular complexity index is 711. The molecule has 0 radical (unpaired) electrons. The Labute approximate surface area is 141 Å². The molecule has 0 aliphatic heterocycles. The van der Waals surface area contributed by atoms with Crippen LogP contribution in [0, 0.1) is 0 Å². The summed E-state index contributed by atoms with van der Waals surface area (Å²) in [6, 6.07) is 13.7. The topological polar surface area (TPSA) is 67.9 Å². The van der Waals surface area contributed by atoms with E-state index in [-0.39, 0.29) is 18.4 Å². The third kappa shape index (κ3) is 4.74. The van der Waals surface area contributed by atoms with Crippen molar-refractivity contribution >= 4 is 17.5 Å². The maximum absolute atomic E-state index is 11.9. The third-order valence-electron chi connectivity index (χ3n) is 3.23. The molecule has 0 aliphatic rings. The first kappa shape index (κ1) is 17.3. The lowest BCUT2D eigenvalue weighted by Gasteiger charge is -2.11. The molecule has 2 aromatic rings. The molecule has 0 saturated carbocycles. The van der Waals surface area contributed by atoms with Gasteiger partial charge in [0, 0.05) is 31.4 Å². The highest BCUT2D eigenvalue weighted by Crippen LogP contribution is 2.18. The summed E-state index contributed by atoms with van der Waals surface area (Å²) in [5.41, 5.74) is 1.16. The van der Waals surface area contributed by atoms with Crippen LogP contribution in [0.4, 0.5) is 5.69 Å². The van der Waals surface area contributed by atoms with Crippen molar-refractivity contribution in [2.24, 2.45) is 0 Å². The van der Waals surface area contributed by atoms with Gasteiger partial charge in [0.05, 0.1) is 7.11 Å². The summed E-state index contributed by atoms with van der Waals surface area (Å²) in [6.07, 6.45) is 0. The van der Waals surface area contributed by atoms with E-state index in [1.54, 1.807) is 69.7 Å². The van der Waals surface area contributed by atoms with Crippen molar-refractivity contribution in [2.75, 3.05) is 33.1 Å². The number of ether oxygens (including phenoxy) is 2. The number of carbonyl (C=O) groups is 2. The summed E-state index contributed by atoms with van der Waals surface area (Å²) in [5.74, 6) is 0.837. The molecule has 2 aromatic carbocycles. The molecule has 0 spiro atoms. The predicted molar refractivity (Wildman–Crippen MR) is 91.6 cm³/mol. The van der Waals surface area contributed by atoms with Crippen LogP contribution in [-0.4, -0.2) is 44.5 Å². The summed E-state index contributed by atoms with van der Waals surface area (Å²) >= 11 is 0. The van der Waals surface area contributed by atoms with Gasteiger partial charge in [-0.3, -0.25) is 9.59 Å². The second kappa shape index (κ2) is 8.01. The third-order valence-corrected chi connectivity index (χ3v) is 3.23. The number of nitrogens with zero attached hydrogens (tertiary/aromatic N) is 1. The minimum atomic E-state index is -0.287. The zero-order chi connectivity index (χ0) is 17.5. The van der Waals surface area contributed by atoms with Crippen molar-refractivity contribution in [2.45, 2.75) is 0 Å². The van der Waals surface area contributed by atoms with Crippen LogP contribution in [0.5, 0.6) is 11.5 Å². The zero-order valence-electron chi connectivity index (χ0n) is 13.9. The van der Waals surface area contributed by atoms with E-state index in [1.165, 1.54) is 4.90 Å². The molecule has 6 nitrogen and oxygen atoms in total. The summed E-state index contributed by atoms with van der Waals surface area (Å²) < 4.78 is 10.5. The zero-order valence-corrected chi connectivity index (χ0v) is 13.9. The van der Waals surface area contributed by atoms with Gasteiger partial charge in [-0.15, -0.1) is 0 Å². The molecule has 2 amide bonds. The quantitative estimate of drug-likeness (QED) is 0.884. The molecule has 126 valence electrons. The van der Waals surface area contributed by atoms with Gasteiger partial charge in [0.15, 0.2) is 6.61 Å². The van der Waals surface area contributed by atoms with E-state index in [1.807, 2.05) is 0 Å². The number of anilines is 1. The van der Waals surface area contributed by atoms with Gasteiger partial charge in [-0.05, 0) is 36.4 Å². The summed E-state index contributed by atoms with van der Waals surface area (Å²) in [6.45, 7) is -0.119. The van der Waals surface area contributed by atoms with E-state index in [2.05, 4.69) is 5.32 Å². The van der Waals surface area contributed by atoms with Crippen molar-refractivity contribution in [3.63, 3.8) is 0 Å². The lowest BCUT2D eigenvalue weighted by Crippen LogP contribution is -2.22. The van der Waals surface area contributed by atoms with Crippen molar-refractivity contribution in [1.29, 1.82) is 0 Å². The number of methoxy groups -OCH3 is 1. The Hall–Kier alpha value is -3.02. The Morgan fingerprint density at radius 1 is 1.04 bits per heavy atom. The molecule has 0 aliphatic carbocycles. The van der Waals surface area contributed by atoms with E-state index in [4.69, 9.17) is 9.47 Å². The first-order chi connectivity index (χ1) is 11.5. The molecular formula is C18H20N2O4. The minimum Gasteiger partial charge on any atom is -0.497 e. The fraction of sp³-hybridized carbons (Fsp3) is 0.222. The average molecular weight is 328 g/mol. The average Bonchev–Trinajstić information content (AvgIpc) is 2.60.